The first kappa shape index (κ1) is 18.5. The number of nitrogens with zero attached hydrogens (tertiary/aromatic N) is 2. The van der Waals surface area contributed by atoms with Crippen molar-refractivity contribution in [2.75, 3.05) is 27.3 Å². The maximum atomic E-state index is 12.6. The Kier molecular flexibility index (Phi) is 6.00. The van der Waals surface area contributed by atoms with Crippen molar-refractivity contribution >= 4 is 17.5 Å². The number of ether oxygens (including phenoxy) is 3. The number of carbonyl (C=O) groups is 1. The number of halogens is 1. The molecule has 1 amide bonds. The molecule has 0 aliphatic carbocycles. The molecule has 0 saturated carbocycles. The number of aromatic nitrogens is 2. The van der Waals surface area contributed by atoms with Crippen molar-refractivity contribution in [2.24, 2.45) is 0 Å². The Morgan fingerprint density at radius 1 is 1.38 bits per heavy atom. The molecule has 1 aliphatic heterocycles. The normalized spacial score (nSPS) is 17.2. The lowest BCUT2D eigenvalue weighted by molar-refractivity contribution is 0.0265. The second-order valence-electron chi connectivity index (χ2n) is 6.11. The van der Waals surface area contributed by atoms with Gasteiger partial charge >= 0.3 is 0 Å². The molecule has 0 spiro atoms. The summed E-state index contributed by atoms with van der Waals surface area (Å²) in [4.78, 5) is 14.4. The van der Waals surface area contributed by atoms with Crippen LogP contribution in [-0.4, -0.2) is 54.4 Å². The van der Waals surface area contributed by atoms with Gasteiger partial charge in [-0.15, -0.1) is 0 Å². The Balaban J connectivity index is 1.60. The molecule has 140 valence electrons. The second kappa shape index (κ2) is 8.42. The molecular formula is C18H22ClN3O4. The Morgan fingerprint density at radius 2 is 2.23 bits per heavy atom. The number of methoxy groups -OCH3 is 2. The monoisotopic (exact) mass is 379 g/mol. The van der Waals surface area contributed by atoms with Crippen molar-refractivity contribution in [1.29, 1.82) is 0 Å². The van der Waals surface area contributed by atoms with Crippen LogP contribution in [0.4, 0.5) is 0 Å². The van der Waals surface area contributed by atoms with E-state index < -0.39 is 0 Å². The highest BCUT2D eigenvalue weighted by Crippen LogP contribution is 2.29. The molecular weight excluding hydrogens is 358 g/mol. The number of piperidine rings is 1. The first-order valence-electron chi connectivity index (χ1n) is 8.43. The fourth-order valence-electron chi connectivity index (χ4n) is 2.90. The van der Waals surface area contributed by atoms with Gasteiger partial charge in [0, 0.05) is 26.3 Å². The Labute approximate surface area is 157 Å². The van der Waals surface area contributed by atoms with Gasteiger partial charge < -0.3 is 19.1 Å². The first-order chi connectivity index (χ1) is 12.6. The van der Waals surface area contributed by atoms with Gasteiger partial charge in [-0.3, -0.25) is 9.89 Å². The maximum absolute atomic E-state index is 12.6. The average Bonchev–Trinajstić information content (AvgIpc) is 3.15. The summed E-state index contributed by atoms with van der Waals surface area (Å²) in [5, 5.41) is 7.41. The predicted octanol–water partition coefficient (Wildman–Crippen LogP) is 2.90. The van der Waals surface area contributed by atoms with Gasteiger partial charge in [0.1, 0.15) is 18.1 Å². The van der Waals surface area contributed by atoms with Gasteiger partial charge in [-0.25, -0.2) is 0 Å². The molecule has 1 aliphatic rings. The molecule has 26 heavy (non-hydrogen) atoms. The molecule has 1 aromatic carbocycles. The zero-order chi connectivity index (χ0) is 18.5. The molecule has 1 unspecified atom stereocenters. The van der Waals surface area contributed by atoms with Crippen molar-refractivity contribution < 1.29 is 19.0 Å². The van der Waals surface area contributed by atoms with Crippen LogP contribution >= 0.6 is 11.6 Å². The van der Waals surface area contributed by atoms with Crippen LogP contribution < -0.4 is 9.47 Å². The lowest BCUT2D eigenvalue weighted by atomic mass is 10.1. The average molecular weight is 380 g/mol. The second-order valence-corrected chi connectivity index (χ2v) is 6.52. The molecule has 8 heteroatoms. The summed E-state index contributed by atoms with van der Waals surface area (Å²) in [6, 6.07) is 6.89. The van der Waals surface area contributed by atoms with Gasteiger partial charge in [0.15, 0.2) is 5.69 Å². The van der Waals surface area contributed by atoms with E-state index in [9.17, 15) is 4.79 Å². The van der Waals surface area contributed by atoms with Crippen LogP contribution in [0, 0.1) is 0 Å². The van der Waals surface area contributed by atoms with Crippen LogP contribution in [0.1, 0.15) is 29.0 Å². The summed E-state index contributed by atoms with van der Waals surface area (Å²) < 4.78 is 16.2. The molecule has 1 aromatic heterocycles. The summed E-state index contributed by atoms with van der Waals surface area (Å²) in [7, 11) is 3.25. The Bertz CT molecular complexity index is 765. The summed E-state index contributed by atoms with van der Waals surface area (Å²) >= 11 is 6.16. The number of rotatable bonds is 6. The Morgan fingerprint density at radius 3 is 2.96 bits per heavy atom. The van der Waals surface area contributed by atoms with E-state index in [4.69, 9.17) is 25.8 Å². The van der Waals surface area contributed by atoms with Gasteiger partial charge in [-0.05, 0) is 31.0 Å². The number of hydrogen-bond acceptors (Lipinski definition) is 5. The van der Waals surface area contributed by atoms with Gasteiger partial charge in [0.2, 0.25) is 0 Å². The minimum Gasteiger partial charge on any atom is -0.497 e. The lowest BCUT2D eigenvalue weighted by Crippen LogP contribution is -2.43. The third kappa shape index (κ3) is 4.28. The highest BCUT2D eigenvalue weighted by molar-refractivity contribution is 6.32. The number of carbonyl (C=O) groups excluding carboxylic acids is 1. The topological polar surface area (TPSA) is 76.7 Å². The quantitative estimate of drug-likeness (QED) is 0.835. The smallest absolute Gasteiger partial charge is 0.274 e. The highest BCUT2D eigenvalue weighted by atomic mass is 35.5. The fourth-order valence-corrected chi connectivity index (χ4v) is 3.13. The highest BCUT2D eigenvalue weighted by Gasteiger charge is 2.25. The van der Waals surface area contributed by atoms with Crippen LogP contribution in [0.2, 0.25) is 5.02 Å². The first-order valence-corrected chi connectivity index (χ1v) is 8.81. The molecule has 1 atom stereocenters. The number of benzene rings is 1. The van der Waals surface area contributed by atoms with Crippen LogP contribution in [0.3, 0.4) is 0 Å². The Hall–Kier alpha value is -2.25. The van der Waals surface area contributed by atoms with Crippen LogP contribution in [-0.2, 0) is 11.3 Å². The molecule has 2 aromatic rings. The summed E-state index contributed by atoms with van der Waals surface area (Å²) in [5.41, 5.74) is 1.07. The van der Waals surface area contributed by atoms with Gasteiger partial charge in [0.05, 0.1) is 23.9 Å². The maximum Gasteiger partial charge on any atom is 0.274 e. The van der Waals surface area contributed by atoms with Crippen LogP contribution in [0.25, 0.3) is 0 Å². The largest absolute Gasteiger partial charge is 0.497 e. The minimum atomic E-state index is -0.100. The van der Waals surface area contributed by atoms with Gasteiger partial charge in [-0.2, -0.15) is 5.10 Å². The zero-order valence-electron chi connectivity index (χ0n) is 14.8. The van der Waals surface area contributed by atoms with Gasteiger partial charge in [0.25, 0.3) is 5.91 Å². The van der Waals surface area contributed by atoms with Crippen LogP contribution in [0.5, 0.6) is 11.5 Å². The molecule has 7 nitrogen and oxygen atoms in total. The van der Waals surface area contributed by atoms with Crippen molar-refractivity contribution in [2.45, 2.75) is 25.6 Å². The van der Waals surface area contributed by atoms with E-state index in [1.807, 2.05) is 0 Å². The van der Waals surface area contributed by atoms with E-state index in [1.165, 1.54) is 0 Å². The summed E-state index contributed by atoms with van der Waals surface area (Å²) in [6.07, 6.45) is 2.00. The molecule has 3 rings (SSSR count). The van der Waals surface area contributed by atoms with E-state index in [0.29, 0.717) is 34.5 Å². The van der Waals surface area contributed by atoms with E-state index in [-0.39, 0.29) is 18.6 Å². The van der Waals surface area contributed by atoms with Crippen molar-refractivity contribution in [1.82, 2.24) is 15.1 Å². The number of H-pyrrole nitrogens is 1. The number of likely N-dealkylation sites (tertiary alicyclic amines) is 1. The molecule has 0 bridgehead atoms. The molecule has 1 fully saturated rings. The lowest BCUT2D eigenvalue weighted by Gasteiger charge is -2.31. The predicted molar refractivity (Wildman–Crippen MR) is 96.9 cm³/mol. The number of nitrogens with one attached hydrogen (secondary N) is 1. The standard InChI is InChI=1S/C18H22ClN3O4/c1-24-13-5-6-17(15(19)9-13)26-11-12-8-16(21-20-12)18(23)22-7-3-4-14(10-22)25-2/h5-6,8-9,14H,3-4,7,10-11H2,1-2H3,(H,20,21). The molecule has 2 heterocycles. The summed E-state index contributed by atoms with van der Waals surface area (Å²) in [5.74, 6) is 1.10. The minimum absolute atomic E-state index is 0.0895. The number of aromatic amines is 1. The van der Waals surface area contributed by atoms with Gasteiger partial charge in [-0.1, -0.05) is 11.6 Å². The molecule has 0 radical (unpaired) electrons. The molecule has 1 N–H and O–H groups in total. The van der Waals surface area contributed by atoms with E-state index >= 15 is 0 Å². The van der Waals surface area contributed by atoms with E-state index in [2.05, 4.69) is 10.2 Å². The van der Waals surface area contributed by atoms with E-state index in [0.717, 1.165) is 19.4 Å². The third-order valence-electron chi connectivity index (χ3n) is 4.37. The molecule has 1 saturated heterocycles. The van der Waals surface area contributed by atoms with Crippen molar-refractivity contribution in [3.63, 3.8) is 0 Å². The fraction of sp³-hybridized carbons (Fsp3) is 0.444. The van der Waals surface area contributed by atoms with E-state index in [1.54, 1.807) is 43.4 Å². The SMILES string of the molecule is COc1ccc(OCc2cc(C(=O)N3CCCC(OC)C3)n[nH]2)c(Cl)c1. The summed E-state index contributed by atoms with van der Waals surface area (Å²) in [6.45, 7) is 1.54. The van der Waals surface area contributed by atoms with Crippen LogP contribution in [0.15, 0.2) is 24.3 Å². The van der Waals surface area contributed by atoms with Crippen molar-refractivity contribution in [3.05, 3.63) is 40.7 Å². The number of hydrogen-bond donors (Lipinski definition) is 1. The number of amides is 1. The zero-order valence-corrected chi connectivity index (χ0v) is 15.6. The van der Waals surface area contributed by atoms with Crippen molar-refractivity contribution in [3.8, 4) is 11.5 Å². The third-order valence-corrected chi connectivity index (χ3v) is 4.67.